The SMILES string of the molecule is O=C(O)c1c2n(c(=O)[nH]c1=O)CCCO2. The summed E-state index contributed by atoms with van der Waals surface area (Å²) in [6.45, 7) is 0.661. The Bertz CT molecular complexity index is 527. The summed E-state index contributed by atoms with van der Waals surface area (Å²) < 4.78 is 6.16. The average molecular weight is 212 g/mol. The Balaban J connectivity index is 2.80. The number of fused-ring (bicyclic) bond motifs is 1. The van der Waals surface area contributed by atoms with Crippen molar-refractivity contribution in [2.24, 2.45) is 0 Å². The van der Waals surface area contributed by atoms with E-state index in [0.717, 1.165) is 4.57 Å². The molecule has 2 heterocycles. The van der Waals surface area contributed by atoms with Gasteiger partial charge in [0.25, 0.3) is 5.56 Å². The lowest BCUT2D eigenvalue weighted by Crippen LogP contribution is -2.37. The Kier molecular flexibility index (Phi) is 2.07. The number of aromatic nitrogens is 2. The van der Waals surface area contributed by atoms with Crippen LogP contribution < -0.4 is 16.0 Å². The zero-order valence-electron chi connectivity index (χ0n) is 7.65. The first-order chi connectivity index (χ1) is 7.11. The topological polar surface area (TPSA) is 101 Å². The monoisotopic (exact) mass is 212 g/mol. The Hall–Kier alpha value is -2.05. The number of nitrogens with zero attached hydrogens (tertiary/aromatic N) is 1. The Labute approximate surface area is 82.9 Å². The van der Waals surface area contributed by atoms with Crippen LogP contribution in [0.15, 0.2) is 9.59 Å². The second-order valence-electron chi connectivity index (χ2n) is 3.10. The molecule has 0 radical (unpaired) electrons. The number of rotatable bonds is 1. The fourth-order valence-electron chi connectivity index (χ4n) is 1.48. The second kappa shape index (κ2) is 3.26. The number of carboxylic acids is 1. The zero-order valence-corrected chi connectivity index (χ0v) is 7.65. The van der Waals surface area contributed by atoms with E-state index in [2.05, 4.69) is 0 Å². The summed E-state index contributed by atoms with van der Waals surface area (Å²) in [6.07, 6.45) is 0.609. The molecule has 0 aromatic carbocycles. The number of hydrogen-bond donors (Lipinski definition) is 2. The lowest BCUT2D eigenvalue weighted by Gasteiger charge is -2.19. The number of ether oxygens (including phenoxy) is 1. The molecule has 80 valence electrons. The van der Waals surface area contributed by atoms with Crippen LogP contribution >= 0.6 is 0 Å². The van der Waals surface area contributed by atoms with Crippen LogP contribution in [0, 0.1) is 0 Å². The van der Waals surface area contributed by atoms with Crippen molar-refractivity contribution in [3.8, 4) is 5.88 Å². The summed E-state index contributed by atoms with van der Waals surface area (Å²) in [4.78, 5) is 35.2. The minimum atomic E-state index is -1.40. The Morgan fingerprint density at radius 2 is 2.20 bits per heavy atom. The zero-order chi connectivity index (χ0) is 11.0. The van der Waals surface area contributed by atoms with Gasteiger partial charge in [-0.25, -0.2) is 9.59 Å². The van der Waals surface area contributed by atoms with Crippen molar-refractivity contribution in [3.05, 3.63) is 26.4 Å². The van der Waals surface area contributed by atoms with Crippen molar-refractivity contribution in [2.45, 2.75) is 13.0 Å². The molecule has 0 saturated heterocycles. The lowest BCUT2D eigenvalue weighted by molar-refractivity contribution is 0.0684. The highest BCUT2D eigenvalue weighted by molar-refractivity contribution is 5.89. The molecule has 1 aromatic rings. The van der Waals surface area contributed by atoms with E-state index in [0.29, 0.717) is 19.6 Å². The van der Waals surface area contributed by atoms with Crippen LogP contribution in [-0.2, 0) is 6.54 Å². The molecule has 0 unspecified atom stereocenters. The van der Waals surface area contributed by atoms with Gasteiger partial charge in [-0.3, -0.25) is 14.3 Å². The van der Waals surface area contributed by atoms with Crippen LogP contribution in [0.5, 0.6) is 5.88 Å². The molecule has 0 atom stereocenters. The fraction of sp³-hybridized carbons (Fsp3) is 0.375. The lowest BCUT2D eigenvalue weighted by atomic mass is 10.3. The summed E-state index contributed by atoms with van der Waals surface area (Å²) in [5, 5.41) is 8.80. The van der Waals surface area contributed by atoms with Gasteiger partial charge in [-0.1, -0.05) is 0 Å². The van der Waals surface area contributed by atoms with E-state index >= 15 is 0 Å². The first-order valence-electron chi connectivity index (χ1n) is 4.34. The summed E-state index contributed by atoms with van der Waals surface area (Å²) in [6, 6.07) is 0. The van der Waals surface area contributed by atoms with E-state index in [-0.39, 0.29) is 5.88 Å². The highest BCUT2D eigenvalue weighted by atomic mass is 16.5. The van der Waals surface area contributed by atoms with Crippen molar-refractivity contribution >= 4 is 5.97 Å². The molecule has 0 bridgehead atoms. The van der Waals surface area contributed by atoms with E-state index in [1.165, 1.54) is 0 Å². The normalized spacial score (nSPS) is 14.1. The average Bonchev–Trinajstić information content (AvgIpc) is 2.17. The Morgan fingerprint density at radius 3 is 2.87 bits per heavy atom. The standard InChI is InChI=1S/C8H8N2O5/c11-5-4(7(12)13)6-10(8(14)9-5)2-1-3-15-6/h1-3H2,(H,12,13)(H,9,11,14). The molecule has 15 heavy (non-hydrogen) atoms. The first-order valence-corrected chi connectivity index (χ1v) is 4.34. The second-order valence-corrected chi connectivity index (χ2v) is 3.10. The Morgan fingerprint density at radius 1 is 1.47 bits per heavy atom. The molecule has 7 heteroatoms. The van der Waals surface area contributed by atoms with Crippen molar-refractivity contribution in [3.63, 3.8) is 0 Å². The first kappa shape index (κ1) is 9.50. The summed E-state index contributed by atoms with van der Waals surface area (Å²) in [7, 11) is 0. The van der Waals surface area contributed by atoms with Crippen LogP contribution in [0.25, 0.3) is 0 Å². The molecular weight excluding hydrogens is 204 g/mol. The van der Waals surface area contributed by atoms with E-state index in [1.807, 2.05) is 4.98 Å². The molecule has 0 spiro atoms. The number of carbonyl (C=O) groups is 1. The van der Waals surface area contributed by atoms with Crippen molar-refractivity contribution in [1.29, 1.82) is 0 Å². The number of aromatic amines is 1. The van der Waals surface area contributed by atoms with Gasteiger partial charge in [0.1, 0.15) is 0 Å². The van der Waals surface area contributed by atoms with Crippen LogP contribution in [0.4, 0.5) is 0 Å². The van der Waals surface area contributed by atoms with Crippen LogP contribution in [0.2, 0.25) is 0 Å². The van der Waals surface area contributed by atoms with E-state index in [9.17, 15) is 14.4 Å². The van der Waals surface area contributed by atoms with Gasteiger partial charge in [-0.15, -0.1) is 0 Å². The largest absolute Gasteiger partial charge is 0.478 e. The smallest absolute Gasteiger partial charge is 0.346 e. The number of H-pyrrole nitrogens is 1. The quantitative estimate of drug-likeness (QED) is 0.622. The summed E-state index contributed by atoms with van der Waals surface area (Å²) >= 11 is 0. The van der Waals surface area contributed by atoms with E-state index < -0.39 is 22.8 Å². The minimum Gasteiger partial charge on any atom is -0.478 e. The molecule has 2 rings (SSSR count). The van der Waals surface area contributed by atoms with Crippen LogP contribution in [0.3, 0.4) is 0 Å². The molecule has 0 amide bonds. The molecule has 0 saturated carbocycles. The molecule has 0 fully saturated rings. The number of nitrogens with one attached hydrogen (secondary N) is 1. The third-order valence-electron chi connectivity index (χ3n) is 2.13. The minimum absolute atomic E-state index is 0.150. The highest BCUT2D eigenvalue weighted by Gasteiger charge is 2.24. The molecule has 0 aliphatic carbocycles. The molecule has 2 N–H and O–H groups in total. The number of carboxylic acid groups (broad SMARTS) is 1. The third-order valence-corrected chi connectivity index (χ3v) is 2.13. The molecular formula is C8H8N2O5. The van der Waals surface area contributed by atoms with Gasteiger partial charge in [0.2, 0.25) is 5.88 Å². The van der Waals surface area contributed by atoms with Crippen LogP contribution in [0.1, 0.15) is 16.8 Å². The van der Waals surface area contributed by atoms with Gasteiger partial charge in [-0.2, -0.15) is 0 Å². The van der Waals surface area contributed by atoms with Crippen molar-refractivity contribution in [1.82, 2.24) is 9.55 Å². The van der Waals surface area contributed by atoms with Gasteiger partial charge < -0.3 is 9.84 Å². The molecule has 1 aromatic heterocycles. The highest BCUT2D eigenvalue weighted by Crippen LogP contribution is 2.16. The van der Waals surface area contributed by atoms with E-state index in [4.69, 9.17) is 9.84 Å². The summed E-state index contributed by atoms with van der Waals surface area (Å²) in [5.74, 6) is -1.55. The predicted molar refractivity (Wildman–Crippen MR) is 48.4 cm³/mol. The maximum absolute atomic E-state index is 11.3. The van der Waals surface area contributed by atoms with Gasteiger partial charge in [0.15, 0.2) is 5.56 Å². The maximum Gasteiger partial charge on any atom is 0.346 e. The predicted octanol–water partition coefficient (Wildman–Crippen LogP) is -0.983. The van der Waals surface area contributed by atoms with E-state index in [1.54, 1.807) is 0 Å². The molecule has 7 nitrogen and oxygen atoms in total. The summed E-state index contributed by atoms with van der Waals surface area (Å²) in [5.41, 5.74) is -2.09. The van der Waals surface area contributed by atoms with Crippen molar-refractivity contribution < 1.29 is 14.6 Å². The van der Waals surface area contributed by atoms with Gasteiger partial charge in [0, 0.05) is 6.54 Å². The van der Waals surface area contributed by atoms with Gasteiger partial charge >= 0.3 is 11.7 Å². The molecule has 1 aliphatic heterocycles. The van der Waals surface area contributed by atoms with Crippen molar-refractivity contribution in [2.75, 3.05) is 6.61 Å². The van der Waals surface area contributed by atoms with Gasteiger partial charge in [-0.05, 0) is 6.42 Å². The fourth-order valence-corrected chi connectivity index (χ4v) is 1.48. The molecule has 1 aliphatic rings. The van der Waals surface area contributed by atoms with Crippen LogP contribution in [-0.4, -0.2) is 27.2 Å². The number of hydrogen-bond acceptors (Lipinski definition) is 4. The maximum atomic E-state index is 11.3. The van der Waals surface area contributed by atoms with Gasteiger partial charge in [0.05, 0.1) is 6.61 Å². The number of aromatic carboxylic acids is 1. The third kappa shape index (κ3) is 1.41.